The molecule has 0 saturated carbocycles. The lowest BCUT2D eigenvalue weighted by Gasteiger charge is -2.00. The molecule has 3 rings (SSSR count). The van der Waals surface area contributed by atoms with Gasteiger partial charge in [0.05, 0.1) is 12.5 Å². The van der Waals surface area contributed by atoms with Crippen molar-refractivity contribution in [2.75, 3.05) is 5.73 Å². The SMILES string of the molecule is Nc1nc(-c2ccco2)nc(-c2ccco2)n1. The van der Waals surface area contributed by atoms with Crippen molar-refractivity contribution >= 4 is 5.95 Å². The maximum atomic E-state index is 5.63. The van der Waals surface area contributed by atoms with Gasteiger partial charge in [0.15, 0.2) is 11.5 Å². The van der Waals surface area contributed by atoms with E-state index in [9.17, 15) is 0 Å². The minimum absolute atomic E-state index is 0.123. The molecule has 0 saturated heterocycles. The Bertz CT molecular complexity index is 564. The van der Waals surface area contributed by atoms with E-state index in [1.807, 2.05) is 0 Å². The first-order valence-corrected chi connectivity index (χ1v) is 4.92. The van der Waals surface area contributed by atoms with Crippen LogP contribution in [-0.2, 0) is 0 Å². The molecule has 2 N–H and O–H groups in total. The molecule has 0 spiro atoms. The normalized spacial score (nSPS) is 10.6. The number of hydrogen-bond acceptors (Lipinski definition) is 6. The summed E-state index contributed by atoms with van der Waals surface area (Å²) in [6.07, 6.45) is 3.09. The minimum Gasteiger partial charge on any atom is -0.461 e. The summed E-state index contributed by atoms with van der Waals surface area (Å²) in [7, 11) is 0. The molecular weight excluding hydrogens is 220 g/mol. The van der Waals surface area contributed by atoms with Crippen LogP contribution in [0.3, 0.4) is 0 Å². The van der Waals surface area contributed by atoms with Gasteiger partial charge in [-0.15, -0.1) is 0 Å². The molecule has 3 aromatic rings. The highest BCUT2D eigenvalue weighted by Gasteiger charge is 2.11. The van der Waals surface area contributed by atoms with Crippen molar-refractivity contribution < 1.29 is 8.83 Å². The fourth-order valence-corrected chi connectivity index (χ4v) is 1.42. The van der Waals surface area contributed by atoms with Gasteiger partial charge in [0.1, 0.15) is 0 Å². The van der Waals surface area contributed by atoms with Crippen molar-refractivity contribution in [1.29, 1.82) is 0 Å². The summed E-state index contributed by atoms with van der Waals surface area (Å²) in [5, 5.41) is 0. The van der Waals surface area contributed by atoms with E-state index in [4.69, 9.17) is 14.6 Å². The standard InChI is InChI=1S/C11H8N4O2/c12-11-14-9(7-3-1-5-16-7)13-10(15-11)8-4-2-6-17-8/h1-6H,(H2,12,13,14,15). The van der Waals surface area contributed by atoms with Gasteiger partial charge in [-0.25, -0.2) is 4.98 Å². The van der Waals surface area contributed by atoms with Crippen molar-refractivity contribution in [3.8, 4) is 23.2 Å². The van der Waals surface area contributed by atoms with Crippen LogP contribution in [-0.4, -0.2) is 15.0 Å². The second-order valence-electron chi connectivity index (χ2n) is 3.30. The van der Waals surface area contributed by atoms with E-state index in [0.717, 1.165) is 0 Å². The Morgan fingerprint density at radius 3 is 1.76 bits per heavy atom. The maximum Gasteiger partial charge on any atom is 0.224 e. The van der Waals surface area contributed by atoms with E-state index in [-0.39, 0.29) is 5.95 Å². The van der Waals surface area contributed by atoms with Crippen molar-refractivity contribution in [1.82, 2.24) is 15.0 Å². The predicted octanol–water partition coefficient (Wildman–Crippen LogP) is 1.97. The fourth-order valence-electron chi connectivity index (χ4n) is 1.42. The van der Waals surface area contributed by atoms with E-state index in [2.05, 4.69) is 15.0 Å². The first-order valence-electron chi connectivity index (χ1n) is 4.92. The molecule has 6 heteroatoms. The summed E-state index contributed by atoms with van der Waals surface area (Å²) >= 11 is 0. The van der Waals surface area contributed by atoms with Gasteiger partial charge in [0.25, 0.3) is 0 Å². The second-order valence-corrected chi connectivity index (χ2v) is 3.30. The Balaban J connectivity index is 2.13. The Hall–Kier alpha value is -2.63. The number of aromatic nitrogens is 3. The average Bonchev–Trinajstić information content (AvgIpc) is 3.02. The van der Waals surface area contributed by atoms with E-state index in [1.165, 1.54) is 0 Å². The molecule has 0 aromatic carbocycles. The number of nitrogens with zero attached hydrogens (tertiary/aromatic N) is 3. The van der Waals surface area contributed by atoms with Crippen molar-refractivity contribution in [3.63, 3.8) is 0 Å². The van der Waals surface area contributed by atoms with Crippen LogP contribution in [0.25, 0.3) is 23.2 Å². The summed E-state index contributed by atoms with van der Waals surface area (Å²) in [5.41, 5.74) is 5.63. The highest BCUT2D eigenvalue weighted by atomic mass is 16.3. The van der Waals surface area contributed by atoms with Gasteiger partial charge in [0.2, 0.25) is 17.6 Å². The molecular formula is C11H8N4O2. The van der Waals surface area contributed by atoms with Gasteiger partial charge in [-0.1, -0.05) is 0 Å². The molecule has 0 atom stereocenters. The number of anilines is 1. The summed E-state index contributed by atoms with van der Waals surface area (Å²) in [5.74, 6) is 1.96. The zero-order valence-electron chi connectivity index (χ0n) is 8.70. The monoisotopic (exact) mass is 228 g/mol. The molecule has 3 aromatic heterocycles. The van der Waals surface area contributed by atoms with Gasteiger partial charge >= 0.3 is 0 Å². The van der Waals surface area contributed by atoms with Gasteiger partial charge in [-0.05, 0) is 24.3 Å². The topological polar surface area (TPSA) is 91.0 Å². The predicted molar refractivity (Wildman–Crippen MR) is 59.6 cm³/mol. The zero-order valence-corrected chi connectivity index (χ0v) is 8.70. The van der Waals surface area contributed by atoms with Gasteiger partial charge in [-0.2, -0.15) is 9.97 Å². The summed E-state index contributed by atoms with van der Waals surface area (Å²) in [6.45, 7) is 0. The van der Waals surface area contributed by atoms with Gasteiger partial charge in [0, 0.05) is 0 Å². The molecule has 0 aliphatic rings. The maximum absolute atomic E-state index is 5.63. The largest absolute Gasteiger partial charge is 0.461 e. The number of hydrogen-bond donors (Lipinski definition) is 1. The molecule has 3 heterocycles. The summed E-state index contributed by atoms with van der Waals surface area (Å²) in [4.78, 5) is 12.2. The van der Waals surface area contributed by atoms with Gasteiger partial charge < -0.3 is 14.6 Å². The van der Waals surface area contributed by atoms with Crippen LogP contribution in [0.1, 0.15) is 0 Å². The molecule has 0 radical (unpaired) electrons. The molecule has 84 valence electrons. The molecule has 0 amide bonds. The van der Waals surface area contributed by atoms with Crippen LogP contribution in [0, 0.1) is 0 Å². The third kappa shape index (κ3) is 1.76. The fraction of sp³-hybridized carbons (Fsp3) is 0. The van der Waals surface area contributed by atoms with Crippen molar-refractivity contribution in [3.05, 3.63) is 36.8 Å². The highest BCUT2D eigenvalue weighted by molar-refractivity contribution is 5.55. The molecule has 0 bridgehead atoms. The van der Waals surface area contributed by atoms with Crippen LogP contribution in [0.4, 0.5) is 5.95 Å². The number of rotatable bonds is 2. The average molecular weight is 228 g/mol. The Kier molecular flexibility index (Phi) is 2.11. The smallest absolute Gasteiger partial charge is 0.224 e. The minimum atomic E-state index is 0.123. The third-order valence-corrected chi connectivity index (χ3v) is 2.14. The van der Waals surface area contributed by atoms with E-state index in [0.29, 0.717) is 23.2 Å². The lowest BCUT2D eigenvalue weighted by molar-refractivity contribution is 0.571. The Morgan fingerprint density at radius 1 is 0.824 bits per heavy atom. The number of nitrogen functional groups attached to an aromatic ring is 1. The van der Waals surface area contributed by atoms with E-state index >= 15 is 0 Å². The molecule has 0 aliphatic carbocycles. The van der Waals surface area contributed by atoms with E-state index in [1.54, 1.807) is 36.8 Å². The van der Waals surface area contributed by atoms with Crippen LogP contribution >= 0.6 is 0 Å². The van der Waals surface area contributed by atoms with E-state index < -0.39 is 0 Å². The third-order valence-electron chi connectivity index (χ3n) is 2.14. The van der Waals surface area contributed by atoms with Crippen LogP contribution in [0.2, 0.25) is 0 Å². The first kappa shape index (κ1) is 9.59. The zero-order chi connectivity index (χ0) is 11.7. The van der Waals surface area contributed by atoms with Crippen molar-refractivity contribution in [2.24, 2.45) is 0 Å². The van der Waals surface area contributed by atoms with Crippen molar-refractivity contribution in [2.45, 2.75) is 0 Å². The summed E-state index contributed by atoms with van der Waals surface area (Å²) < 4.78 is 10.4. The van der Waals surface area contributed by atoms with Crippen LogP contribution in [0.5, 0.6) is 0 Å². The second kappa shape index (κ2) is 3.75. The number of nitrogens with two attached hydrogens (primary N) is 1. The lowest BCUT2D eigenvalue weighted by Crippen LogP contribution is -2.01. The first-order chi connectivity index (χ1) is 8.33. The quantitative estimate of drug-likeness (QED) is 0.721. The molecule has 0 aliphatic heterocycles. The molecule has 6 nitrogen and oxygen atoms in total. The number of furan rings is 2. The lowest BCUT2D eigenvalue weighted by atomic mass is 10.4. The van der Waals surface area contributed by atoms with Crippen LogP contribution in [0.15, 0.2) is 45.6 Å². The Labute approximate surface area is 96.1 Å². The Morgan fingerprint density at radius 2 is 1.35 bits per heavy atom. The van der Waals surface area contributed by atoms with Crippen LogP contribution < -0.4 is 5.73 Å². The van der Waals surface area contributed by atoms with Gasteiger partial charge in [-0.3, -0.25) is 0 Å². The highest BCUT2D eigenvalue weighted by Crippen LogP contribution is 2.21. The summed E-state index contributed by atoms with van der Waals surface area (Å²) in [6, 6.07) is 7.01. The molecule has 17 heavy (non-hydrogen) atoms. The molecule has 0 unspecified atom stereocenters. The molecule has 0 fully saturated rings.